The van der Waals surface area contributed by atoms with Crippen LogP contribution in [0.5, 0.6) is 0 Å². The summed E-state index contributed by atoms with van der Waals surface area (Å²) in [5, 5.41) is 18.6. The quantitative estimate of drug-likeness (QED) is 0.149. The molecule has 0 saturated carbocycles. The third-order valence-corrected chi connectivity index (χ3v) is 14.0. The summed E-state index contributed by atoms with van der Waals surface area (Å²) in [6.45, 7) is 34.2. The van der Waals surface area contributed by atoms with Gasteiger partial charge in [-0.05, 0) is 218 Å². The van der Waals surface area contributed by atoms with Crippen LogP contribution in [0.4, 0.5) is 0 Å². The molecule has 20 heteroatoms. The van der Waals surface area contributed by atoms with Gasteiger partial charge >= 0.3 is 0 Å². The van der Waals surface area contributed by atoms with E-state index in [0.29, 0.717) is 0 Å². The predicted octanol–water partition coefficient (Wildman–Crippen LogP) is 14.5. The van der Waals surface area contributed by atoms with Gasteiger partial charge in [0.05, 0.1) is 40.5 Å². The van der Waals surface area contributed by atoms with Crippen molar-refractivity contribution in [3.8, 4) is 0 Å². The summed E-state index contributed by atoms with van der Waals surface area (Å²) in [6, 6.07) is 35.2. The number of benzene rings is 1. The Morgan fingerprint density at radius 2 is 1.01 bits per heavy atom. The molecule has 13 heterocycles. The van der Waals surface area contributed by atoms with Gasteiger partial charge in [-0.25, -0.2) is 19.5 Å². The van der Waals surface area contributed by atoms with E-state index < -0.39 is 0 Å². The third-order valence-electron chi connectivity index (χ3n) is 14.0. The molecule has 14 aromatic rings. The van der Waals surface area contributed by atoms with E-state index in [1.165, 1.54) is 60.7 Å². The van der Waals surface area contributed by atoms with E-state index >= 15 is 0 Å². The summed E-state index contributed by atoms with van der Waals surface area (Å²) in [6.07, 6.45) is 23.5. The van der Waals surface area contributed by atoms with Gasteiger partial charge in [0.2, 0.25) is 5.56 Å². The number of rotatable bonds is 0. The van der Waals surface area contributed by atoms with E-state index in [1.54, 1.807) is 54.9 Å². The number of aromatic amines is 1. The van der Waals surface area contributed by atoms with Crippen LogP contribution in [0.25, 0.3) is 27.5 Å². The molecule has 0 radical (unpaired) electrons. The molecule has 14 rings (SSSR count). The van der Waals surface area contributed by atoms with Gasteiger partial charge in [-0.3, -0.25) is 48.7 Å². The van der Waals surface area contributed by atoms with Crippen molar-refractivity contribution >= 4 is 27.5 Å². The van der Waals surface area contributed by atoms with Crippen molar-refractivity contribution in [1.29, 1.82) is 0 Å². The Bertz CT molecular complexity index is 4400. The second kappa shape index (κ2) is 40.1. The number of aryl methyl sites for hydroxylation is 20. The van der Waals surface area contributed by atoms with Gasteiger partial charge in [0.15, 0.2) is 5.65 Å². The van der Waals surface area contributed by atoms with Crippen molar-refractivity contribution in [3.63, 3.8) is 0 Å². The Morgan fingerprint density at radius 3 is 1.45 bits per heavy atom. The highest BCUT2D eigenvalue weighted by Gasteiger charge is 2.00. The van der Waals surface area contributed by atoms with Crippen LogP contribution in [0, 0.1) is 118 Å². The van der Waals surface area contributed by atoms with Crippen molar-refractivity contribution in [2.75, 3.05) is 0 Å². The number of nitrogens with zero attached hydrogens (tertiary/aromatic N) is 18. The molecule has 0 unspecified atom stereocenters. The Labute approximate surface area is 560 Å². The van der Waals surface area contributed by atoms with E-state index in [0.717, 1.165) is 73.5 Å². The molecule has 0 aliphatic heterocycles. The maximum atomic E-state index is 10.6. The first-order valence-electron chi connectivity index (χ1n) is 31.0. The highest BCUT2D eigenvalue weighted by atomic mass is 16.1. The van der Waals surface area contributed by atoms with Crippen LogP contribution in [0.2, 0.25) is 0 Å². The number of H-pyrrole nitrogens is 1. The fourth-order valence-corrected chi connectivity index (χ4v) is 8.25. The first-order chi connectivity index (χ1) is 45.2. The van der Waals surface area contributed by atoms with Crippen molar-refractivity contribution in [3.05, 3.63) is 296 Å². The van der Waals surface area contributed by atoms with Crippen molar-refractivity contribution < 1.29 is 0 Å². The molecule has 0 aliphatic carbocycles. The number of aromatic nitrogens is 19. The summed E-state index contributed by atoms with van der Waals surface area (Å²) < 4.78 is 8.88. The molecule has 0 spiro atoms. The van der Waals surface area contributed by atoms with Gasteiger partial charge in [0.1, 0.15) is 12.2 Å². The molecule has 20 nitrogen and oxygen atoms in total. The first-order valence-corrected chi connectivity index (χ1v) is 31.0. The molecule has 95 heavy (non-hydrogen) atoms. The second-order valence-electron chi connectivity index (χ2n) is 22.5. The van der Waals surface area contributed by atoms with E-state index in [1.807, 2.05) is 228 Å². The average molecular weight is 1280 g/mol. The molecule has 496 valence electrons. The van der Waals surface area contributed by atoms with Crippen molar-refractivity contribution in [2.45, 2.75) is 118 Å². The van der Waals surface area contributed by atoms with Gasteiger partial charge < -0.3 is 9.55 Å². The molecular weight excluding hydrogens is 1180 g/mol. The van der Waals surface area contributed by atoms with E-state index in [-0.39, 0.29) is 5.56 Å². The molecule has 13 aromatic heterocycles. The lowest BCUT2D eigenvalue weighted by molar-refractivity contribution is 0.731. The Kier molecular flexibility index (Phi) is 32.2. The number of hydrogen-bond acceptors (Lipinski definition) is 14. The Morgan fingerprint density at radius 1 is 0.411 bits per heavy atom. The number of pyridine rings is 6. The Balaban J connectivity index is 0.000000223. The van der Waals surface area contributed by atoms with Crippen LogP contribution >= 0.6 is 0 Å². The minimum Gasteiger partial charge on any atom is -0.365 e. The molecule has 0 atom stereocenters. The third kappa shape index (κ3) is 28.6. The molecule has 1 N–H and O–H groups in total. The van der Waals surface area contributed by atoms with Crippen molar-refractivity contribution in [2.24, 2.45) is 28.2 Å². The summed E-state index contributed by atoms with van der Waals surface area (Å²) >= 11 is 0. The molecule has 0 saturated heterocycles. The summed E-state index contributed by atoms with van der Waals surface area (Å²) in [4.78, 5) is 50.2. The lowest BCUT2D eigenvalue weighted by Crippen LogP contribution is -2.12. The number of hydrogen-bond donors (Lipinski definition) is 1. The summed E-state index contributed by atoms with van der Waals surface area (Å²) in [5.74, 6) is 0.854. The van der Waals surface area contributed by atoms with Crippen LogP contribution < -0.4 is 5.56 Å². The molecular formula is C75H95N19O. The smallest absolute Gasteiger partial charge is 0.250 e. The van der Waals surface area contributed by atoms with Crippen LogP contribution in [0.1, 0.15) is 96.1 Å². The maximum absolute atomic E-state index is 10.6. The van der Waals surface area contributed by atoms with Gasteiger partial charge in [-0.1, -0.05) is 36.4 Å². The van der Waals surface area contributed by atoms with Crippen LogP contribution in [0.3, 0.4) is 0 Å². The number of para-hydroxylation sites is 1. The average Bonchev–Trinajstić information content (AvgIpc) is 1.75. The topological polar surface area (TPSA) is 225 Å². The summed E-state index contributed by atoms with van der Waals surface area (Å²) in [5.41, 5.74) is 21.8. The highest BCUT2D eigenvalue weighted by Crippen LogP contribution is 2.13. The maximum Gasteiger partial charge on any atom is 0.250 e. The second-order valence-corrected chi connectivity index (χ2v) is 22.5. The molecule has 0 fully saturated rings. The standard InChI is InChI=1S/C8H9N3.C8H8N2.C7H7N3.C7H10N2.C7H11N.2C7H9N.C6H10N2.C6H8N2.C6H7NO.C6H7N/c1-6-3-8-7(4-9-6)5-10-11(8)2;1-10-8-5-3-2-4-7(8)6-9-10;1-6-3-2-4-10-7(6)8-5-9-10;1-5-4-6(2)9-7(3)8-5;1-5-4-8-7(3)6(5)2;1-6-3-4-8-7(2)5-6;1-6-4-3-5-8-7(6)2;1-5-4-6(2)8(3)7-5;1-5-3-8-6(2)4-7-5;1-7-5-3-2-4-6(7)8;1-6-2-4-7-5-3-6/h3-5H,1-2H3;2-6H,1H3;2-5H,1H3;4H,1-3H3;4,8H,1-3H3;2*3-5H,1-2H3;4H,1-3H3;3-4H,1-2H3;2-5H,1H3;2-5H,1H3. The SMILES string of the molecule is Cc1c[nH]c(C)c1C.Cc1cc(C)n(C)n1.Cc1cc(C)nc(C)n1.Cc1cc2c(cn1)cnn2C.Cc1cccn2ncnc12.Cc1cccnc1C.Cc1ccnc(C)c1.Cc1ccncc1.Cc1cnc(C)cn1.Cn1ccccc1=O.Cn1ncc2ccccc21. The minimum absolute atomic E-state index is 0.0347. The molecule has 0 amide bonds. The molecule has 1 aromatic carbocycles. The van der Waals surface area contributed by atoms with Gasteiger partial charge in [0, 0.05) is 147 Å². The fourth-order valence-electron chi connectivity index (χ4n) is 8.25. The van der Waals surface area contributed by atoms with E-state index in [9.17, 15) is 4.79 Å². The van der Waals surface area contributed by atoms with Crippen LogP contribution in [-0.2, 0) is 28.2 Å². The van der Waals surface area contributed by atoms with E-state index in [2.05, 4.69) is 135 Å². The molecule has 0 bridgehead atoms. The van der Waals surface area contributed by atoms with Crippen LogP contribution in [-0.4, -0.2) is 93.4 Å². The summed E-state index contributed by atoms with van der Waals surface area (Å²) in [7, 11) is 7.55. The van der Waals surface area contributed by atoms with Crippen LogP contribution in [0.15, 0.2) is 195 Å². The zero-order valence-corrected chi connectivity index (χ0v) is 59.4. The zero-order valence-electron chi connectivity index (χ0n) is 59.4. The van der Waals surface area contributed by atoms with Gasteiger partial charge in [-0.2, -0.15) is 20.4 Å². The fraction of sp³-hybridized carbons (Fsp3) is 0.280. The van der Waals surface area contributed by atoms with Gasteiger partial charge in [-0.15, -0.1) is 0 Å². The largest absolute Gasteiger partial charge is 0.365 e. The number of fused-ring (bicyclic) bond motifs is 3. The minimum atomic E-state index is 0.0347. The predicted molar refractivity (Wildman–Crippen MR) is 385 cm³/mol. The lowest BCUT2D eigenvalue weighted by Gasteiger charge is -1.95. The molecule has 0 aliphatic rings. The normalized spacial score (nSPS) is 9.78. The lowest BCUT2D eigenvalue weighted by atomic mass is 10.2. The number of nitrogens with one attached hydrogen (secondary N) is 1. The highest BCUT2D eigenvalue weighted by molar-refractivity contribution is 5.78. The van der Waals surface area contributed by atoms with Gasteiger partial charge in [0.25, 0.3) is 0 Å². The zero-order chi connectivity index (χ0) is 70.0. The Hall–Kier alpha value is -11.0. The monoisotopic (exact) mass is 1280 g/mol. The van der Waals surface area contributed by atoms with E-state index in [4.69, 9.17) is 0 Å². The van der Waals surface area contributed by atoms with Crippen molar-refractivity contribution in [1.82, 2.24) is 93.4 Å². The first kappa shape index (κ1) is 76.4.